The Morgan fingerprint density at radius 2 is 2.00 bits per heavy atom. The second-order valence-corrected chi connectivity index (χ2v) is 3.73. The molecule has 3 heteroatoms. The Hall–Kier alpha value is -0.590. The van der Waals surface area contributed by atoms with Crippen LogP contribution in [0.5, 0.6) is 0 Å². The van der Waals surface area contributed by atoms with Crippen molar-refractivity contribution >= 4 is 0 Å². The lowest BCUT2D eigenvalue weighted by molar-refractivity contribution is 0.0659. The van der Waals surface area contributed by atoms with Gasteiger partial charge in [0.2, 0.25) is 0 Å². The summed E-state index contributed by atoms with van der Waals surface area (Å²) in [6.45, 7) is 6.06. The second kappa shape index (κ2) is 7.78. The van der Waals surface area contributed by atoms with E-state index in [1.54, 1.807) is 7.11 Å². The van der Waals surface area contributed by atoms with Crippen molar-refractivity contribution in [3.05, 3.63) is 0 Å². The smallest absolute Gasteiger partial charge is 0.0700 e. The molecule has 0 saturated heterocycles. The SMILES string of the molecule is CCC(C)(C#N)CCCOCCOC. The van der Waals surface area contributed by atoms with Crippen molar-refractivity contribution < 1.29 is 9.47 Å². The Kier molecular flexibility index (Phi) is 7.45. The number of nitriles is 1. The van der Waals surface area contributed by atoms with Gasteiger partial charge in [-0.1, -0.05) is 6.92 Å². The van der Waals surface area contributed by atoms with Crippen molar-refractivity contribution in [3.63, 3.8) is 0 Å². The monoisotopic (exact) mass is 199 g/mol. The van der Waals surface area contributed by atoms with E-state index in [2.05, 4.69) is 13.0 Å². The van der Waals surface area contributed by atoms with Crippen molar-refractivity contribution in [3.8, 4) is 6.07 Å². The number of ether oxygens (including phenoxy) is 2. The van der Waals surface area contributed by atoms with Crippen LogP contribution in [0.15, 0.2) is 0 Å². The third-order valence-corrected chi connectivity index (χ3v) is 2.50. The molecular weight excluding hydrogens is 178 g/mol. The molecule has 0 aliphatic carbocycles. The van der Waals surface area contributed by atoms with Gasteiger partial charge in [-0.3, -0.25) is 0 Å². The fourth-order valence-electron chi connectivity index (χ4n) is 1.12. The first-order chi connectivity index (χ1) is 6.68. The molecule has 0 aromatic carbocycles. The van der Waals surface area contributed by atoms with Gasteiger partial charge in [0, 0.05) is 13.7 Å². The zero-order chi connectivity index (χ0) is 10.9. The van der Waals surface area contributed by atoms with Crippen molar-refractivity contribution in [2.75, 3.05) is 26.9 Å². The number of rotatable bonds is 8. The van der Waals surface area contributed by atoms with E-state index in [4.69, 9.17) is 14.7 Å². The Labute approximate surface area is 87.0 Å². The Morgan fingerprint density at radius 3 is 2.50 bits per heavy atom. The van der Waals surface area contributed by atoms with Crippen molar-refractivity contribution in [2.24, 2.45) is 5.41 Å². The van der Waals surface area contributed by atoms with Crippen LogP contribution in [0, 0.1) is 16.7 Å². The highest BCUT2D eigenvalue weighted by Gasteiger charge is 2.20. The van der Waals surface area contributed by atoms with Crippen LogP contribution >= 0.6 is 0 Å². The summed E-state index contributed by atoms with van der Waals surface area (Å²) in [5.41, 5.74) is -0.176. The molecule has 1 atom stereocenters. The van der Waals surface area contributed by atoms with Gasteiger partial charge in [-0.2, -0.15) is 5.26 Å². The second-order valence-electron chi connectivity index (χ2n) is 3.73. The van der Waals surface area contributed by atoms with E-state index in [0.717, 1.165) is 25.9 Å². The summed E-state index contributed by atoms with van der Waals surface area (Å²) >= 11 is 0. The molecule has 14 heavy (non-hydrogen) atoms. The largest absolute Gasteiger partial charge is 0.382 e. The average molecular weight is 199 g/mol. The van der Waals surface area contributed by atoms with E-state index in [-0.39, 0.29) is 5.41 Å². The molecule has 82 valence electrons. The Bertz CT molecular complexity index is 177. The molecule has 0 rings (SSSR count). The third-order valence-electron chi connectivity index (χ3n) is 2.50. The molecule has 1 unspecified atom stereocenters. The van der Waals surface area contributed by atoms with Gasteiger partial charge in [-0.25, -0.2) is 0 Å². The molecule has 0 aliphatic heterocycles. The maximum Gasteiger partial charge on any atom is 0.0700 e. The minimum atomic E-state index is -0.176. The van der Waals surface area contributed by atoms with E-state index in [1.807, 2.05) is 6.92 Å². The highest BCUT2D eigenvalue weighted by molar-refractivity contribution is 4.93. The third kappa shape index (κ3) is 5.95. The average Bonchev–Trinajstić information content (AvgIpc) is 2.23. The predicted octanol–water partition coefficient (Wildman–Crippen LogP) is 2.37. The van der Waals surface area contributed by atoms with Gasteiger partial charge in [-0.15, -0.1) is 0 Å². The van der Waals surface area contributed by atoms with Crippen LogP contribution in [0.25, 0.3) is 0 Å². The van der Waals surface area contributed by atoms with Crippen LogP contribution in [0.3, 0.4) is 0 Å². The molecule has 0 spiro atoms. The standard InChI is InChI=1S/C11H21NO2/c1-4-11(2,10-12)6-5-7-14-9-8-13-3/h4-9H2,1-3H3. The van der Waals surface area contributed by atoms with Gasteiger partial charge in [0.05, 0.1) is 24.7 Å². The van der Waals surface area contributed by atoms with Gasteiger partial charge in [0.15, 0.2) is 0 Å². The van der Waals surface area contributed by atoms with Crippen LogP contribution in [0.2, 0.25) is 0 Å². The molecule has 0 aromatic rings. The molecule has 0 amide bonds. The normalized spacial score (nSPS) is 14.7. The van der Waals surface area contributed by atoms with Crippen LogP contribution < -0.4 is 0 Å². The fraction of sp³-hybridized carbons (Fsp3) is 0.909. The van der Waals surface area contributed by atoms with E-state index >= 15 is 0 Å². The van der Waals surface area contributed by atoms with Crippen molar-refractivity contribution in [1.29, 1.82) is 5.26 Å². The highest BCUT2D eigenvalue weighted by Crippen LogP contribution is 2.25. The summed E-state index contributed by atoms with van der Waals surface area (Å²) in [4.78, 5) is 0. The molecule has 0 fully saturated rings. The summed E-state index contributed by atoms with van der Waals surface area (Å²) < 4.78 is 10.2. The summed E-state index contributed by atoms with van der Waals surface area (Å²) in [5.74, 6) is 0. The molecule has 0 N–H and O–H groups in total. The summed E-state index contributed by atoms with van der Waals surface area (Å²) in [6.07, 6.45) is 2.76. The van der Waals surface area contributed by atoms with E-state index in [0.29, 0.717) is 13.2 Å². The molecule has 0 saturated carbocycles. The number of hydrogen-bond donors (Lipinski definition) is 0. The maximum atomic E-state index is 8.92. The highest BCUT2D eigenvalue weighted by atomic mass is 16.5. The molecule has 0 aromatic heterocycles. The number of methoxy groups -OCH3 is 1. The number of nitrogens with zero attached hydrogens (tertiary/aromatic N) is 1. The van der Waals surface area contributed by atoms with Crippen molar-refractivity contribution in [2.45, 2.75) is 33.1 Å². The zero-order valence-corrected chi connectivity index (χ0v) is 9.51. The molecule has 3 nitrogen and oxygen atoms in total. The molecule has 0 bridgehead atoms. The van der Waals surface area contributed by atoms with Crippen LogP contribution in [0.1, 0.15) is 33.1 Å². The minimum absolute atomic E-state index is 0.176. The van der Waals surface area contributed by atoms with Gasteiger partial charge in [0.1, 0.15) is 0 Å². The number of hydrogen-bond acceptors (Lipinski definition) is 3. The predicted molar refractivity (Wildman–Crippen MR) is 55.9 cm³/mol. The molecule has 0 heterocycles. The molecular formula is C11H21NO2. The van der Waals surface area contributed by atoms with Gasteiger partial charge >= 0.3 is 0 Å². The van der Waals surface area contributed by atoms with E-state index in [1.165, 1.54) is 0 Å². The van der Waals surface area contributed by atoms with E-state index < -0.39 is 0 Å². The lowest BCUT2D eigenvalue weighted by atomic mass is 9.85. The zero-order valence-electron chi connectivity index (χ0n) is 9.51. The first-order valence-electron chi connectivity index (χ1n) is 5.16. The Balaban J connectivity index is 3.40. The van der Waals surface area contributed by atoms with E-state index in [9.17, 15) is 0 Å². The van der Waals surface area contributed by atoms with Crippen molar-refractivity contribution in [1.82, 2.24) is 0 Å². The fourth-order valence-corrected chi connectivity index (χ4v) is 1.12. The first kappa shape index (κ1) is 13.4. The van der Waals surface area contributed by atoms with Gasteiger partial charge in [-0.05, 0) is 26.2 Å². The van der Waals surface area contributed by atoms with Crippen LogP contribution in [-0.4, -0.2) is 26.9 Å². The first-order valence-corrected chi connectivity index (χ1v) is 5.16. The Morgan fingerprint density at radius 1 is 1.29 bits per heavy atom. The molecule has 0 aliphatic rings. The van der Waals surface area contributed by atoms with Crippen LogP contribution in [-0.2, 0) is 9.47 Å². The van der Waals surface area contributed by atoms with Gasteiger partial charge in [0.25, 0.3) is 0 Å². The summed E-state index contributed by atoms with van der Waals surface area (Å²) in [6, 6.07) is 2.35. The maximum absolute atomic E-state index is 8.92. The summed E-state index contributed by atoms with van der Waals surface area (Å²) in [7, 11) is 1.66. The topological polar surface area (TPSA) is 42.2 Å². The lowest BCUT2D eigenvalue weighted by Crippen LogP contribution is -2.13. The van der Waals surface area contributed by atoms with Gasteiger partial charge < -0.3 is 9.47 Å². The quantitative estimate of drug-likeness (QED) is 0.564. The lowest BCUT2D eigenvalue weighted by Gasteiger charge is -2.18. The minimum Gasteiger partial charge on any atom is -0.382 e. The molecule has 0 radical (unpaired) electrons. The summed E-state index contributed by atoms with van der Waals surface area (Å²) in [5, 5.41) is 8.92. The van der Waals surface area contributed by atoms with Crippen LogP contribution in [0.4, 0.5) is 0 Å².